The second-order valence-corrected chi connectivity index (χ2v) is 5.17. The molecule has 0 aliphatic carbocycles. The highest BCUT2D eigenvalue weighted by molar-refractivity contribution is 7.99. The van der Waals surface area contributed by atoms with Crippen LogP contribution in [-0.2, 0) is 4.79 Å². The summed E-state index contributed by atoms with van der Waals surface area (Å²) in [6.07, 6.45) is 3.23. The third-order valence-corrected chi connectivity index (χ3v) is 3.99. The van der Waals surface area contributed by atoms with Crippen molar-refractivity contribution >= 4 is 17.7 Å². The van der Waals surface area contributed by atoms with Crippen molar-refractivity contribution in [1.29, 1.82) is 0 Å². The van der Waals surface area contributed by atoms with Gasteiger partial charge in [0.2, 0.25) is 5.91 Å². The van der Waals surface area contributed by atoms with Crippen molar-refractivity contribution in [3.8, 4) is 0 Å². The predicted molar refractivity (Wildman–Crippen MR) is 66.2 cm³/mol. The molecule has 1 heterocycles. The van der Waals surface area contributed by atoms with Crippen molar-refractivity contribution in [2.45, 2.75) is 45.2 Å². The molecule has 0 bridgehead atoms. The first-order valence-electron chi connectivity index (χ1n) is 5.86. The SMILES string of the molecule is CCC(CC)NC(=O)CNC1CCSC1. The van der Waals surface area contributed by atoms with Crippen LogP contribution in [0.5, 0.6) is 0 Å². The first-order chi connectivity index (χ1) is 7.26. The summed E-state index contributed by atoms with van der Waals surface area (Å²) in [5.41, 5.74) is 0. The van der Waals surface area contributed by atoms with Crippen molar-refractivity contribution in [2.75, 3.05) is 18.1 Å². The van der Waals surface area contributed by atoms with E-state index in [4.69, 9.17) is 0 Å². The number of thioether (sulfide) groups is 1. The van der Waals surface area contributed by atoms with Crippen molar-refractivity contribution in [3.05, 3.63) is 0 Å². The van der Waals surface area contributed by atoms with E-state index < -0.39 is 0 Å². The molecule has 1 unspecified atom stereocenters. The van der Waals surface area contributed by atoms with E-state index >= 15 is 0 Å². The fourth-order valence-corrected chi connectivity index (χ4v) is 2.89. The van der Waals surface area contributed by atoms with Crippen molar-refractivity contribution in [3.63, 3.8) is 0 Å². The summed E-state index contributed by atoms with van der Waals surface area (Å²) < 4.78 is 0. The van der Waals surface area contributed by atoms with Crippen LogP contribution in [0.3, 0.4) is 0 Å². The standard InChI is InChI=1S/C11H22N2OS/c1-3-9(4-2)13-11(14)7-12-10-5-6-15-8-10/h9-10,12H,3-8H2,1-2H3,(H,13,14). The van der Waals surface area contributed by atoms with Crippen LogP contribution in [0.4, 0.5) is 0 Å². The predicted octanol–water partition coefficient (Wildman–Crippen LogP) is 1.39. The van der Waals surface area contributed by atoms with Crippen LogP contribution in [0.15, 0.2) is 0 Å². The topological polar surface area (TPSA) is 41.1 Å². The largest absolute Gasteiger partial charge is 0.352 e. The Balaban J connectivity index is 2.11. The van der Waals surface area contributed by atoms with E-state index in [1.165, 1.54) is 12.2 Å². The van der Waals surface area contributed by atoms with Crippen molar-refractivity contribution < 1.29 is 4.79 Å². The zero-order valence-electron chi connectivity index (χ0n) is 9.71. The van der Waals surface area contributed by atoms with E-state index in [9.17, 15) is 4.79 Å². The van der Waals surface area contributed by atoms with E-state index in [-0.39, 0.29) is 5.91 Å². The van der Waals surface area contributed by atoms with Gasteiger partial charge in [0.1, 0.15) is 0 Å². The van der Waals surface area contributed by atoms with E-state index in [0.717, 1.165) is 18.6 Å². The molecule has 1 aliphatic heterocycles. The van der Waals surface area contributed by atoms with Gasteiger partial charge in [0.05, 0.1) is 6.54 Å². The van der Waals surface area contributed by atoms with Crippen LogP contribution < -0.4 is 10.6 Å². The molecule has 0 aromatic rings. The van der Waals surface area contributed by atoms with Gasteiger partial charge in [-0.25, -0.2) is 0 Å². The Labute approximate surface area is 96.8 Å². The molecule has 1 rings (SSSR count). The Morgan fingerprint density at radius 3 is 2.73 bits per heavy atom. The fraction of sp³-hybridized carbons (Fsp3) is 0.909. The molecule has 0 radical (unpaired) electrons. The summed E-state index contributed by atoms with van der Waals surface area (Å²) in [5.74, 6) is 2.52. The Morgan fingerprint density at radius 1 is 1.47 bits per heavy atom. The molecule has 0 spiro atoms. The summed E-state index contributed by atoms with van der Waals surface area (Å²) in [4.78, 5) is 11.5. The average molecular weight is 230 g/mol. The highest BCUT2D eigenvalue weighted by Gasteiger charge is 2.16. The lowest BCUT2D eigenvalue weighted by Gasteiger charge is -2.16. The summed E-state index contributed by atoms with van der Waals surface area (Å²) in [5, 5.41) is 6.33. The molecule has 15 heavy (non-hydrogen) atoms. The van der Waals surface area contributed by atoms with Gasteiger partial charge < -0.3 is 10.6 Å². The van der Waals surface area contributed by atoms with Crippen LogP contribution in [-0.4, -0.2) is 36.0 Å². The highest BCUT2D eigenvalue weighted by atomic mass is 32.2. The van der Waals surface area contributed by atoms with Gasteiger partial charge in [0.25, 0.3) is 0 Å². The van der Waals surface area contributed by atoms with Gasteiger partial charge in [0.15, 0.2) is 0 Å². The second-order valence-electron chi connectivity index (χ2n) is 4.02. The van der Waals surface area contributed by atoms with E-state index in [2.05, 4.69) is 24.5 Å². The Bertz CT molecular complexity index is 189. The lowest BCUT2D eigenvalue weighted by Crippen LogP contribution is -2.42. The van der Waals surface area contributed by atoms with Crippen molar-refractivity contribution in [2.24, 2.45) is 0 Å². The number of hydrogen-bond acceptors (Lipinski definition) is 3. The van der Waals surface area contributed by atoms with Crippen LogP contribution in [0.1, 0.15) is 33.1 Å². The molecule has 1 fully saturated rings. The Morgan fingerprint density at radius 2 is 2.20 bits per heavy atom. The smallest absolute Gasteiger partial charge is 0.234 e. The maximum Gasteiger partial charge on any atom is 0.234 e. The third-order valence-electron chi connectivity index (χ3n) is 2.83. The minimum Gasteiger partial charge on any atom is -0.352 e. The lowest BCUT2D eigenvalue weighted by atomic mass is 10.2. The third kappa shape index (κ3) is 4.89. The minimum absolute atomic E-state index is 0.139. The molecule has 2 N–H and O–H groups in total. The monoisotopic (exact) mass is 230 g/mol. The average Bonchev–Trinajstić information content (AvgIpc) is 2.75. The molecule has 1 atom stereocenters. The molecule has 88 valence electrons. The first kappa shape index (κ1) is 12.8. The summed E-state index contributed by atoms with van der Waals surface area (Å²) >= 11 is 1.96. The van der Waals surface area contributed by atoms with Crippen LogP contribution in [0.25, 0.3) is 0 Å². The molecule has 4 heteroatoms. The van der Waals surface area contributed by atoms with Gasteiger partial charge in [-0.15, -0.1) is 0 Å². The first-order valence-corrected chi connectivity index (χ1v) is 7.02. The van der Waals surface area contributed by atoms with E-state index in [1.54, 1.807) is 0 Å². The van der Waals surface area contributed by atoms with Gasteiger partial charge in [-0.3, -0.25) is 4.79 Å². The quantitative estimate of drug-likeness (QED) is 0.724. The van der Waals surface area contributed by atoms with Gasteiger partial charge in [-0.1, -0.05) is 13.8 Å². The zero-order chi connectivity index (χ0) is 11.1. The van der Waals surface area contributed by atoms with E-state index in [1.807, 2.05) is 11.8 Å². The van der Waals surface area contributed by atoms with Crippen molar-refractivity contribution in [1.82, 2.24) is 10.6 Å². The molecular formula is C11H22N2OS. The molecule has 0 aromatic carbocycles. The zero-order valence-corrected chi connectivity index (χ0v) is 10.5. The molecule has 1 amide bonds. The number of hydrogen-bond donors (Lipinski definition) is 2. The van der Waals surface area contributed by atoms with E-state index in [0.29, 0.717) is 18.6 Å². The summed E-state index contributed by atoms with van der Waals surface area (Å²) in [6.45, 7) is 4.69. The van der Waals surface area contributed by atoms with Gasteiger partial charge in [0, 0.05) is 17.8 Å². The van der Waals surface area contributed by atoms with Crippen LogP contribution in [0, 0.1) is 0 Å². The Hall–Kier alpha value is -0.220. The number of amides is 1. The highest BCUT2D eigenvalue weighted by Crippen LogP contribution is 2.16. The molecule has 1 aliphatic rings. The summed E-state index contributed by atoms with van der Waals surface area (Å²) in [6, 6.07) is 0.889. The maximum atomic E-state index is 11.5. The van der Waals surface area contributed by atoms with Gasteiger partial charge in [-0.2, -0.15) is 11.8 Å². The molecule has 3 nitrogen and oxygen atoms in total. The fourth-order valence-electron chi connectivity index (χ4n) is 1.70. The number of rotatable bonds is 6. The normalized spacial score (nSPS) is 20.9. The Kier molecular flexibility index (Phi) is 6.10. The molecule has 1 saturated heterocycles. The number of carbonyl (C=O) groups excluding carboxylic acids is 1. The molecule has 0 saturated carbocycles. The van der Waals surface area contributed by atoms with Gasteiger partial charge >= 0.3 is 0 Å². The maximum absolute atomic E-state index is 11.5. The molecular weight excluding hydrogens is 208 g/mol. The second kappa shape index (κ2) is 7.12. The minimum atomic E-state index is 0.139. The van der Waals surface area contributed by atoms with Crippen LogP contribution in [0.2, 0.25) is 0 Å². The van der Waals surface area contributed by atoms with Crippen LogP contribution >= 0.6 is 11.8 Å². The molecule has 0 aromatic heterocycles. The number of nitrogens with one attached hydrogen (secondary N) is 2. The summed E-state index contributed by atoms with van der Waals surface area (Å²) in [7, 11) is 0. The van der Waals surface area contributed by atoms with Gasteiger partial charge in [-0.05, 0) is 25.0 Å². The number of carbonyl (C=O) groups is 1. The lowest BCUT2D eigenvalue weighted by molar-refractivity contribution is -0.121.